The van der Waals surface area contributed by atoms with Crippen molar-refractivity contribution in [3.8, 4) is 0 Å². The van der Waals surface area contributed by atoms with E-state index in [1.807, 2.05) is 24.3 Å². The Balaban J connectivity index is 5.52. The molecule has 0 aliphatic heterocycles. The van der Waals surface area contributed by atoms with Gasteiger partial charge in [0.1, 0.15) is 19.3 Å². The summed E-state index contributed by atoms with van der Waals surface area (Å²) >= 11 is 0. The maximum absolute atomic E-state index is 13.1. The summed E-state index contributed by atoms with van der Waals surface area (Å²) in [5.74, 6) is -2.36. The quantitative estimate of drug-likeness (QED) is 0.0169. The predicted molar refractivity (Wildman–Crippen MR) is 445 cm³/mol. The monoisotopic (exact) mass is 1550 g/mol. The number of unbranched alkanes of at least 4 members (excludes halogenated alkanes) is 19. The summed E-state index contributed by atoms with van der Waals surface area (Å²) < 4.78 is 68.6. The van der Waals surface area contributed by atoms with Crippen molar-refractivity contribution < 1.29 is 80.2 Å². The Labute approximate surface area is 654 Å². The molecule has 0 amide bonds. The largest absolute Gasteiger partial charge is 0.472 e. The summed E-state index contributed by atoms with van der Waals surface area (Å²) in [6, 6.07) is 0. The highest BCUT2D eigenvalue weighted by atomic mass is 31.2. The van der Waals surface area contributed by atoms with Gasteiger partial charge in [0, 0.05) is 25.7 Å². The maximum Gasteiger partial charge on any atom is 0.472 e. The molecule has 0 spiro atoms. The van der Waals surface area contributed by atoms with Crippen LogP contribution in [0, 0.1) is 0 Å². The lowest BCUT2D eigenvalue weighted by Gasteiger charge is -2.21. The standard InChI is InChI=1S/C89H144O17P2/c1-5-9-13-17-21-25-29-33-37-40-41-44-47-50-54-58-62-66-70-74-87(92)100-80-85(106-89(94)76-72-68-64-60-56-52-48-43-39-35-31-27-23-19-15-11-7-3)82-104-108(97,98)102-78-83(90)77-101-107(95,96)103-81-84(105-88(93)75-71-67-63-59-55-51-45-36-32-28-24-20-16-12-8-4)79-99-86(91)73-69-65-61-57-53-49-46-42-38-34-30-26-22-18-14-10-6-2/h9-11,13-15,21-23,25-27,33-35,37-39,41,44,46,48-50,52,54,57,60-61,64,83-85,90H,5-8,12,16-20,24,28-32,36,40,42-43,45,47,51,53,55-56,58-59,62-63,65-82H2,1-4H3,(H,95,96)(H,97,98)/b13-9-,14-10-,15-11-,25-21-,26-22-,27-23-,37-33-,38-34-,39-35-,44-41-,49-46-,52-48-,54-50-,61-57-,64-60-. The number of carbonyl (C=O) groups excluding carboxylic acids is 4. The lowest BCUT2D eigenvalue weighted by Crippen LogP contribution is -2.30. The summed E-state index contributed by atoms with van der Waals surface area (Å²) in [5, 5.41) is 10.7. The fourth-order valence-corrected chi connectivity index (χ4v) is 11.8. The van der Waals surface area contributed by atoms with Crippen molar-refractivity contribution >= 4 is 39.5 Å². The Kier molecular flexibility index (Phi) is 75.0. The third-order valence-electron chi connectivity index (χ3n) is 16.4. The lowest BCUT2D eigenvalue weighted by molar-refractivity contribution is -0.161. The zero-order valence-electron chi connectivity index (χ0n) is 66.9. The van der Waals surface area contributed by atoms with Crippen LogP contribution in [0.15, 0.2) is 182 Å². The first kappa shape index (κ1) is 102. The first-order chi connectivity index (χ1) is 52.7. The third-order valence-corrected chi connectivity index (χ3v) is 18.3. The van der Waals surface area contributed by atoms with Crippen LogP contribution in [0.3, 0.4) is 0 Å². The molecule has 0 aliphatic carbocycles. The Morgan fingerprint density at radius 3 is 0.787 bits per heavy atom. The lowest BCUT2D eigenvalue weighted by atomic mass is 10.0. The number of ether oxygens (including phenoxy) is 4. The van der Waals surface area contributed by atoms with Crippen LogP contribution in [0.1, 0.15) is 297 Å². The molecular weight excluding hydrogens is 1400 g/mol. The second kappa shape index (κ2) is 79.3. The smallest absolute Gasteiger partial charge is 0.462 e. The molecule has 0 saturated heterocycles. The van der Waals surface area contributed by atoms with E-state index in [1.165, 1.54) is 64.2 Å². The van der Waals surface area contributed by atoms with Gasteiger partial charge in [-0.3, -0.25) is 37.3 Å². The Morgan fingerprint density at radius 2 is 0.491 bits per heavy atom. The molecule has 0 aromatic heterocycles. The highest BCUT2D eigenvalue weighted by Crippen LogP contribution is 2.45. The first-order valence-electron chi connectivity index (χ1n) is 41.0. The molecule has 17 nitrogen and oxygen atoms in total. The number of phosphoric ester groups is 2. The van der Waals surface area contributed by atoms with Crippen molar-refractivity contribution in [3.05, 3.63) is 182 Å². The average Bonchev–Trinajstić information content (AvgIpc) is 0.906. The van der Waals surface area contributed by atoms with E-state index < -0.39 is 97.5 Å². The number of hydrogen-bond donors (Lipinski definition) is 3. The van der Waals surface area contributed by atoms with Gasteiger partial charge in [-0.2, -0.15) is 0 Å². The van der Waals surface area contributed by atoms with E-state index in [0.717, 1.165) is 141 Å². The molecule has 0 saturated carbocycles. The van der Waals surface area contributed by atoms with Crippen LogP contribution in [-0.2, 0) is 65.4 Å². The minimum atomic E-state index is -5.02. The number of phosphoric acid groups is 2. The van der Waals surface area contributed by atoms with Gasteiger partial charge in [0.25, 0.3) is 0 Å². The molecule has 612 valence electrons. The fourth-order valence-electron chi connectivity index (χ4n) is 10.3. The van der Waals surface area contributed by atoms with E-state index in [2.05, 4.69) is 186 Å². The van der Waals surface area contributed by atoms with Crippen molar-refractivity contribution in [1.82, 2.24) is 0 Å². The van der Waals surface area contributed by atoms with Crippen molar-refractivity contribution in [1.29, 1.82) is 0 Å². The van der Waals surface area contributed by atoms with Crippen LogP contribution in [0.5, 0.6) is 0 Å². The van der Waals surface area contributed by atoms with Crippen molar-refractivity contribution in [2.24, 2.45) is 0 Å². The highest BCUT2D eigenvalue weighted by Gasteiger charge is 2.30. The van der Waals surface area contributed by atoms with E-state index in [9.17, 15) is 43.2 Å². The number of carbonyl (C=O) groups is 4. The summed E-state index contributed by atoms with van der Waals surface area (Å²) in [6.07, 6.45) is 96.0. The van der Waals surface area contributed by atoms with Crippen LogP contribution < -0.4 is 0 Å². The van der Waals surface area contributed by atoms with Crippen molar-refractivity contribution in [2.75, 3.05) is 39.6 Å². The molecule has 3 N–H and O–H groups in total. The van der Waals surface area contributed by atoms with E-state index in [1.54, 1.807) is 0 Å². The molecule has 5 unspecified atom stereocenters. The van der Waals surface area contributed by atoms with Gasteiger partial charge in [0.15, 0.2) is 12.2 Å². The number of esters is 4. The second-order valence-electron chi connectivity index (χ2n) is 26.6. The van der Waals surface area contributed by atoms with Gasteiger partial charge in [-0.25, -0.2) is 9.13 Å². The Hall–Kier alpha value is -5.84. The van der Waals surface area contributed by atoms with Gasteiger partial charge in [-0.05, 0) is 148 Å². The SMILES string of the molecule is CC/C=C\C/C=C\C/C=C\C/C=C\C/C=C\CCCCCC(=O)OCC(COP(=O)(O)OCC(O)COP(=O)(O)OCC(COC(=O)CCC/C=C\C/C=C\C/C=C\C/C=C\C/C=C\CC)OC(=O)CCCCCCCCCCCCCCCCC)OC(=O)CCC/C=C\C/C=C\C/C=C\C/C=C\C/C=C\CC. The molecule has 108 heavy (non-hydrogen) atoms. The summed E-state index contributed by atoms with van der Waals surface area (Å²) in [7, 11) is -10.0. The number of hydrogen-bond acceptors (Lipinski definition) is 15. The normalized spacial score (nSPS) is 14.8. The number of aliphatic hydroxyl groups excluding tert-OH is 1. The minimum Gasteiger partial charge on any atom is -0.462 e. The van der Waals surface area contributed by atoms with Crippen LogP contribution in [0.25, 0.3) is 0 Å². The topological polar surface area (TPSA) is 237 Å². The number of aliphatic hydroxyl groups is 1. The average molecular weight is 1550 g/mol. The molecule has 0 rings (SSSR count). The van der Waals surface area contributed by atoms with Gasteiger partial charge in [-0.1, -0.05) is 306 Å². The molecule has 5 atom stereocenters. The van der Waals surface area contributed by atoms with E-state index in [-0.39, 0.29) is 25.7 Å². The van der Waals surface area contributed by atoms with Crippen LogP contribution in [-0.4, -0.2) is 96.7 Å². The van der Waals surface area contributed by atoms with E-state index in [0.29, 0.717) is 38.5 Å². The molecule has 0 radical (unpaired) electrons. The van der Waals surface area contributed by atoms with E-state index >= 15 is 0 Å². The van der Waals surface area contributed by atoms with Gasteiger partial charge >= 0.3 is 39.5 Å². The summed E-state index contributed by atoms with van der Waals surface area (Å²) in [4.78, 5) is 73.1. The Bertz CT molecular complexity index is 2760. The van der Waals surface area contributed by atoms with Crippen LogP contribution >= 0.6 is 15.6 Å². The zero-order chi connectivity index (χ0) is 78.9. The second-order valence-corrected chi connectivity index (χ2v) is 29.5. The third kappa shape index (κ3) is 78.3. The fraction of sp³-hybridized carbons (Fsp3) is 0.618. The summed E-state index contributed by atoms with van der Waals surface area (Å²) in [5.41, 5.74) is 0. The summed E-state index contributed by atoms with van der Waals surface area (Å²) in [6.45, 7) is 4.37. The van der Waals surface area contributed by atoms with Crippen LogP contribution in [0.2, 0.25) is 0 Å². The molecule has 19 heteroatoms. The number of allylic oxidation sites excluding steroid dienone is 30. The van der Waals surface area contributed by atoms with Gasteiger partial charge < -0.3 is 33.8 Å². The zero-order valence-corrected chi connectivity index (χ0v) is 68.7. The van der Waals surface area contributed by atoms with Crippen molar-refractivity contribution in [2.45, 2.75) is 316 Å². The molecule has 0 fully saturated rings. The predicted octanol–water partition coefficient (Wildman–Crippen LogP) is 24.3. The first-order valence-corrected chi connectivity index (χ1v) is 44.0. The number of rotatable bonds is 75. The molecule has 0 aromatic carbocycles. The molecule has 0 aliphatic rings. The van der Waals surface area contributed by atoms with Crippen molar-refractivity contribution in [3.63, 3.8) is 0 Å². The molecule has 0 bridgehead atoms. The Morgan fingerprint density at radius 1 is 0.269 bits per heavy atom. The van der Waals surface area contributed by atoms with E-state index in [4.69, 9.17) is 37.0 Å². The molecule has 0 aromatic rings. The minimum absolute atomic E-state index is 0.000863. The highest BCUT2D eigenvalue weighted by molar-refractivity contribution is 7.47. The van der Waals surface area contributed by atoms with Gasteiger partial charge in [0.05, 0.1) is 26.4 Å². The molecular formula is C89H144O17P2. The maximum atomic E-state index is 13.1. The van der Waals surface area contributed by atoms with Gasteiger partial charge in [0.2, 0.25) is 0 Å². The van der Waals surface area contributed by atoms with Crippen LogP contribution in [0.4, 0.5) is 0 Å². The van der Waals surface area contributed by atoms with Gasteiger partial charge in [-0.15, -0.1) is 0 Å². The molecule has 0 heterocycles.